The van der Waals surface area contributed by atoms with Gasteiger partial charge in [0.1, 0.15) is 17.3 Å². The van der Waals surface area contributed by atoms with Gasteiger partial charge in [0.25, 0.3) is 5.91 Å². The van der Waals surface area contributed by atoms with Gasteiger partial charge in [-0.2, -0.15) is 0 Å². The Hall–Kier alpha value is -2.76. The lowest BCUT2D eigenvalue weighted by molar-refractivity contribution is -0.119. The number of anilines is 1. The Morgan fingerprint density at radius 3 is 2.81 bits per heavy atom. The molecule has 0 radical (unpaired) electrons. The average Bonchev–Trinajstić information content (AvgIpc) is 2.42. The van der Waals surface area contributed by atoms with Crippen LogP contribution in [-0.2, 0) is 11.3 Å². The van der Waals surface area contributed by atoms with Crippen molar-refractivity contribution in [3.05, 3.63) is 53.8 Å². The first kappa shape index (κ1) is 14.6. The number of rotatable bonds is 6. The third kappa shape index (κ3) is 4.68. The van der Waals surface area contributed by atoms with E-state index < -0.39 is 11.7 Å². The molecule has 0 atom stereocenters. The minimum absolute atomic E-state index is 0.120. The fraction of sp³-hybridized carbons (Fsp3) is 0.133. The van der Waals surface area contributed by atoms with Gasteiger partial charge in [0, 0.05) is 24.4 Å². The molecule has 0 aliphatic carbocycles. The first-order chi connectivity index (χ1) is 10.0. The quantitative estimate of drug-likeness (QED) is 0.759. The summed E-state index contributed by atoms with van der Waals surface area (Å²) in [6, 6.07) is 10.8. The van der Waals surface area contributed by atoms with Gasteiger partial charge in [-0.3, -0.25) is 4.79 Å². The smallest absolute Gasteiger partial charge is 0.255 e. The molecule has 0 aliphatic heterocycles. The van der Waals surface area contributed by atoms with E-state index in [1.165, 1.54) is 12.1 Å². The minimum Gasteiger partial charge on any atom is -0.508 e. The molecule has 0 saturated carbocycles. The summed E-state index contributed by atoms with van der Waals surface area (Å²) in [5.74, 6) is -0.667. The van der Waals surface area contributed by atoms with Crippen LogP contribution in [0.2, 0.25) is 0 Å². The highest BCUT2D eigenvalue weighted by molar-refractivity contribution is 5.75. The monoisotopic (exact) mass is 290 g/mol. The lowest BCUT2D eigenvalue weighted by Crippen LogP contribution is -2.20. The van der Waals surface area contributed by atoms with Crippen molar-refractivity contribution in [1.82, 2.24) is 0 Å². The topological polar surface area (TPSA) is 84.6 Å². The molecule has 6 heteroatoms. The van der Waals surface area contributed by atoms with Crippen LogP contribution < -0.4 is 15.8 Å². The molecule has 4 N–H and O–H groups in total. The molecule has 2 aromatic rings. The molecule has 0 spiro atoms. The van der Waals surface area contributed by atoms with Crippen LogP contribution in [0.5, 0.6) is 11.5 Å². The summed E-state index contributed by atoms with van der Waals surface area (Å²) in [5, 5.41) is 12.4. The van der Waals surface area contributed by atoms with E-state index in [0.717, 1.165) is 11.8 Å². The van der Waals surface area contributed by atoms with Crippen molar-refractivity contribution in [1.29, 1.82) is 0 Å². The van der Waals surface area contributed by atoms with Crippen LogP contribution in [0.1, 0.15) is 5.56 Å². The van der Waals surface area contributed by atoms with Crippen LogP contribution in [0.15, 0.2) is 42.5 Å². The highest BCUT2D eigenvalue weighted by Gasteiger charge is 2.02. The molecule has 110 valence electrons. The van der Waals surface area contributed by atoms with E-state index in [1.807, 2.05) is 0 Å². The van der Waals surface area contributed by atoms with Gasteiger partial charge in [0.15, 0.2) is 6.61 Å². The van der Waals surface area contributed by atoms with Crippen molar-refractivity contribution < 1.29 is 19.0 Å². The molecular formula is C15H15FN2O3. The van der Waals surface area contributed by atoms with Crippen LogP contribution >= 0.6 is 0 Å². The summed E-state index contributed by atoms with van der Waals surface area (Å²) in [6.45, 7) is 0.145. The molecule has 0 unspecified atom stereocenters. The number of halogens is 1. The summed E-state index contributed by atoms with van der Waals surface area (Å²) >= 11 is 0. The molecule has 5 nitrogen and oxygen atoms in total. The molecule has 0 heterocycles. The number of nitrogens with two attached hydrogens (primary N) is 1. The van der Waals surface area contributed by atoms with Gasteiger partial charge < -0.3 is 20.9 Å². The number of aromatic hydroxyl groups is 1. The maximum absolute atomic E-state index is 13.1. The minimum atomic E-state index is -0.552. The number of primary amides is 1. The SMILES string of the molecule is NC(=O)COc1cccc(NCc2cc(O)cc(F)c2)c1. The summed E-state index contributed by atoms with van der Waals surface area (Å²) < 4.78 is 18.3. The summed E-state index contributed by atoms with van der Waals surface area (Å²) in [6.07, 6.45) is 0. The highest BCUT2D eigenvalue weighted by Crippen LogP contribution is 2.19. The standard InChI is InChI=1S/C15H15FN2O3/c16-11-4-10(5-13(19)6-11)8-18-12-2-1-3-14(7-12)21-9-15(17)20/h1-7,18-19H,8-9H2,(H2,17,20). The highest BCUT2D eigenvalue weighted by atomic mass is 19.1. The summed E-state index contributed by atoms with van der Waals surface area (Å²) in [5.41, 5.74) is 6.35. The number of carbonyl (C=O) groups excluding carboxylic acids is 1. The zero-order chi connectivity index (χ0) is 15.2. The van der Waals surface area contributed by atoms with Crippen molar-refractivity contribution in [3.63, 3.8) is 0 Å². The Kier molecular flexibility index (Phi) is 4.61. The van der Waals surface area contributed by atoms with Crippen LogP contribution in [0.4, 0.5) is 10.1 Å². The van der Waals surface area contributed by atoms with E-state index >= 15 is 0 Å². The second-order valence-electron chi connectivity index (χ2n) is 4.45. The van der Waals surface area contributed by atoms with Gasteiger partial charge in [0.05, 0.1) is 0 Å². The van der Waals surface area contributed by atoms with Crippen LogP contribution in [-0.4, -0.2) is 17.6 Å². The van der Waals surface area contributed by atoms with E-state index in [4.69, 9.17) is 10.5 Å². The lowest BCUT2D eigenvalue weighted by atomic mass is 10.2. The van der Waals surface area contributed by atoms with Gasteiger partial charge in [-0.1, -0.05) is 6.07 Å². The van der Waals surface area contributed by atoms with Crippen LogP contribution in [0.25, 0.3) is 0 Å². The second kappa shape index (κ2) is 6.60. The van der Waals surface area contributed by atoms with Crippen molar-refractivity contribution in [2.24, 2.45) is 5.73 Å². The zero-order valence-electron chi connectivity index (χ0n) is 11.2. The largest absolute Gasteiger partial charge is 0.508 e. The average molecular weight is 290 g/mol. The number of phenols is 1. The van der Waals surface area contributed by atoms with E-state index in [9.17, 15) is 14.3 Å². The van der Waals surface area contributed by atoms with E-state index in [2.05, 4.69) is 5.32 Å². The number of ether oxygens (including phenoxy) is 1. The molecule has 2 aromatic carbocycles. The molecule has 0 bridgehead atoms. The molecule has 2 rings (SSSR count). The first-order valence-electron chi connectivity index (χ1n) is 6.26. The van der Waals surface area contributed by atoms with Crippen molar-refractivity contribution in [2.45, 2.75) is 6.54 Å². The third-order valence-corrected chi connectivity index (χ3v) is 2.65. The molecule has 0 fully saturated rings. The number of hydrogen-bond acceptors (Lipinski definition) is 4. The van der Waals surface area contributed by atoms with Crippen LogP contribution in [0, 0.1) is 5.82 Å². The predicted octanol–water partition coefficient (Wildman–Crippen LogP) is 2.01. The molecule has 0 aliphatic rings. The van der Waals surface area contributed by atoms with Crippen LogP contribution in [0.3, 0.4) is 0 Å². The van der Waals surface area contributed by atoms with Gasteiger partial charge in [-0.25, -0.2) is 4.39 Å². The predicted molar refractivity (Wildman–Crippen MR) is 76.5 cm³/mol. The van der Waals surface area contributed by atoms with Crippen molar-refractivity contribution in [3.8, 4) is 11.5 Å². The van der Waals surface area contributed by atoms with Gasteiger partial charge in [-0.15, -0.1) is 0 Å². The maximum atomic E-state index is 13.1. The second-order valence-corrected chi connectivity index (χ2v) is 4.45. The number of phenolic OH excluding ortho intramolecular Hbond substituents is 1. The van der Waals surface area contributed by atoms with Gasteiger partial charge in [-0.05, 0) is 29.8 Å². The number of nitrogens with one attached hydrogen (secondary N) is 1. The lowest BCUT2D eigenvalue weighted by Gasteiger charge is -2.09. The van der Waals surface area contributed by atoms with E-state index in [-0.39, 0.29) is 12.4 Å². The summed E-state index contributed by atoms with van der Waals surface area (Å²) in [7, 11) is 0. The van der Waals surface area contributed by atoms with Crippen molar-refractivity contribution >= 4 is 11.6 Å². The molecule has 0 saturated heterocycles. The first-order valence-corrected chi connectivity index (χ1v) is 6.26. The van der Waals surface area contributed by atoms with Crippen molar-refractivity contribution in [2.75, 3.05) is 11.9 Å². The fourth-order valence-corrected chi connectivity index (χ4v) is 1.79. The Labute approximate surface area is 121 Å². The van der Waals surface area contributed by atoms with E-state index in [0.29, 0.717) is 17.9 Å². The Morgan fingerprint density at radius 2 is 2.10 bits per heavy atom. The Balaban J connectivity index is 1.99. The third-order valence-electron chi connectivity index (χ3n) is 2.65. The number of benzene rings is 2. The fourth-order valence-electron chi connectivity index (χ4n) is 1.79. The number of carbonyl (C=O) groups is 1. The number of amides is 1. The molecule has 0 aromatic heterocycles. The van der Waals surface area contributed by atoms with E-state index in [1.54, 1.807) is 24.3 Å². The molecule has 1 amide bonds. The van der Waals surface area contributed by atoms with Gasteiger partial charge in [0.2, 0.25) is 0 Å². The van der Waals surface area contributed by atoms with Gasteiger partial charge >= 0.3 is 0 Å². The number of hydrogen-bond donors (Lipinski definition) is 3. The zero-order valence-corrected chi connectivity index (χ0v) is 11.2. The summed E-state index contributed by atoms with van der Waals surface area (Å²) in [4.78, 5) is 10.7. The molecular weight excluding hydrogens is 275 g/mol. The maximum Gasteiger partial charge on any atom is 0.255 e. The Morgan fingerprint density at radius 1 is 1.29 bits per heavy atom. The Bertz CT molecular complexity index is 626. The molecule has 21 heavy (non-hydrogen) atoms. The normalized spacial score (nSPS) is 10.1.